The monoisotopic (exact) mass is 476 g/mol. The lowest BCUT2D eigenvalue weighted by molar-refractivity contribution is 1.21. The quantitative estimate of drug-likeness (QED) is 0.404. The molecule has 1 atom stereocenters. The molecule has 0 radical (unpaired) electrons. The zero-order chi connectivity index (χ0) is 12.6. The van der Waals surface area contributed by atoms with Crippen LogP contribution < -0.4 is 0 Å². The van der Waals surface area contributed by atoms with E-state index in [4.69, 9.17) is 23.2 Å². The molecule has 0 spiro atoms. The zero-order valence-electron chi connectivity index (χ0n) is 8.18. The third kappa shape index (κ3) is 3.28. The first-order valence-electron chi connectivity index (χ1n) is 4.53. The van der Waals surface area contributed by atoms with Crippen LogP contribution in [0.2, 0.25) is 10.0 Å². The summed E-state index contributed by atoms with van der Waals surface area (Å²) in [6, 6.07) is 7.71. The fourth-order valence-corrected chi connectivity index (χ4v) is 5.12. The van der Waals surface area contributed by atoms with Crippen molar-refractivity contribution >= 4 is 82.3 Å². The molecule has 0 saturated heterocycles. The Morgan fingerprint density at radius 3 is 2.35 bits per heavy atom. The van der Waals surface area contributed by atoms with E-state index in [1.54, 1.807) is 11.3 Å². The lowest BCUT2D eigenvalue weighted by atomic mass is 10.1. The maximum Gasteiger partial charge on any atom is 0.0887 e. The Bertz CT molecular complexity index is 534. The number of thiophene rings is 1. The summed E-state index contributed by atoms with van der Waals surface area (Å²) in [5.41, 5.74) is 1.12. The molecule has 0 fully saturated rings. The van der Waals surface area contributed by atoms with Crippen molar-refractivity contribution in [2.45, 2.75) is 4.83 Å². The van der Waals surface area contributed by atoms with Gasteiger partial charge in [-0.15, -0.1) is 11.3 Å². The van der Waals surface area contributed by atoms with Crippen LogP contribution in [0.25, 0.3) is 0 Å². The van der Waals surface area contributed by atoms with Gasteiger partial charge in [-0.2, -0.15) is 0 Å². The molecule has 6 heteroatoms. The third-order valence-corrected chi connectivity index (χ3v) is 6.90. The Kier molecular flexibility index (Phi) is 5.01. The molecule has 2 aromatic rings. The van der Waals surface area contributed by atoms with E-state index < -0.39 is 0 Å². The summed E-state index contributed by atoms with van der Waals surface area (Å²) in [6.45, 7) is 0. The first kappa shape index (κ1) is 14.4. The van der Waals surface area contributed by atoms with E-state index in [1.807, 2.05) is 24.3 Å². The van der Waals surface area contributed by atoms with Gasteiger partial charge in [-0.3, -0.25) is 0 Å². The lowest BCUT2D eigenvalue weighted by Gasteiger charge is -2.10. The molecule has 0 amide bonds. The molecule has 0 aliphatic rings. The van der Waals surface area contributed by atoms with Crippen molar-refractivity contribution < 1.29 is 0 Å². The molecule has 0 N–H and O–H groups in total. The first-order valence-corrected chi connectivity index (χ1v) is 8.60. The second-order valence-electron chi connectivity index (χ2n) is 3.30. The highest BCUT2D eigenvalue weighted by molar-refractivity contribution is 9.11. The van der Waals surface area contributed by atoms with E-state index in [-0.39, 0.29) is 4.83 Å². The van der Waals surface area contributed by atoms with Crippen molar-refractivity contribution in [3.8, 4) is 0 Å². The minimum Gasteiger partial charge on any atom is -0.130 e. The normalized spacial score (nSPS) is 12.8. The van der Waals surface area contributed by atoms with Crippen LogP contribution >= 0.6 is 82.3 Å². The Morgan fingerprint density at radius 2 is 1.82 bits per heavy atom. The molecule has 1 unspecified atom stereocenters. The number of hydrogen-bond donors (Lipinski definition) is 0. The fraction of sp³-hybridized carbons (Fsp3) is 0.0909. The van der Waals surface area contributed by atoms with Gasteiger partial charge in [0, 0.05) is 14.4 Å². The van der Waals surface area contributed by atoms with E-state index >= 15 is 0 Å². The molecular weight excluding hydrogens is 475 g/mol. The molecule has 0 bridgehead atoms. The highest BCUT2D eigenvalue weighted by Crippen LogP contribution is 2.43. The number of benzene rings is 1. The van der Waals surface area contributed by atoms with Crippen LogP contribution in [0.15, 0.2) is 32.5 Å². The average molecular weight is 480 g/mol. The molecule has 0 nitrogen and oxygen atoms in total. The summed E-state index contributed by atoms with van der Waals surface area (Å²) >= 11 is 24.2. The molecule has 2 rings (SSSR count). The average Bonchev–Trinajstić information content (AvgIpc) is 2.58. The van der Waals surface area contributed by atoms with Crippen LogP contribution in [0.1, 0.15) is 15.3 Å². The van der Waals surface area contributed by atoms with Gasteiger partial charge in [0.2, 0.25) is 0 Å². The van der Waals surface area contributed by atoms with E-state index in [1.165, 1.54) is 0 Å². The summed E-state index contributed by atoms with van der Waals surface area (Å²) in [5.74, 6) is 0. The van der Waals surface area contributed by atoms with Crippen molar-refractivity contribution in [3.05, 3.63) is 53.0 Å². The first-order chi connectivity index (χ1) is 7.99. The van der Waals surface area contributed by atoms with E-state index in [2.05, 4.69) is 47.8 Å². The van der Waals surface area contributed by atoms with Gasteiger partial charge >= 0.3 is 0 Å². The zero-order valence-corrected chi connectivity index (χ0v) is 15.3. The Balaban J connectivity index is 2.39. The molecule has 1 aromatic carbocycles. The van der Waals surface area contributed by atoms with Crippen molar-refractivity contribution in [3.63, 3.8) is 0 Å². The van der Waals surface area contributed by atoms with Gasteiger partial charge in [0.15, 0.2) is 0 Å². The lowest BCUT2D eigenvalue weighted by Crippen LogP contribution is -1.90. The minimum atomic E-state index is 0.0999. The van der Waals surface area contributed by atoms with Crippen LogP contribution in [-0.4, -0.2) is 0 Å². The second kappa shape index (κ2) is 5.93. The van der Waals surface area contributed by atoms with E-state index in [0.29, 0.717) is 5.02 Å². The standard InChI is InChI=1S/C11H5Br3Cl2S/c12-7-3-5(15)1-2-6(7)10(13)9-4-8(16)11(14)17-9/h1-4,10H. The van der Waals surface area contributed by atoms with Crippen LogP contribution in [-0.2, 0) is 0 Å². The van der Waals surface area contributed by atoms with Crippen molar-refractivity contribution in [2.75, 3.05) is 0 Å². The largest absolute Gasteiger partial charge is 0.130 e. The van der Waals surface area contributed by atoms with Gasteiger partial charge in [0.1, 0.15) is 0 Å². The topological polar surface area (TPSA) is 0 Å². The maximum absolute atomic E-state index is 6.04. The predicted octanol–water partition coefficient (Wildman–Crippen LogP) is 7.06. The molecule has 0 aliphatic heterocycles. The summed E-state index contributed by atoms with van der Waals surface area (Å²) in [7, 11) is 0. The summed E-state index contributed by atoms with van der Waals surface area (Å²) in [6.07, 6.45) is 0. The maximum atomic E-state index is 6.04. The highest BCUT2D eigenvalue weighted by atomic mass is 79.9. The van der Waals surface area contributed by atoms with Gasteiger partial charge in [0.05, 0.1) is 13.6 Å². The molecule has 0 aliphatic carbocycles. The van der Waals surface area contributed by atoms with Crippen LogP contribution in [0, 0.1) is 0 Å². The summed E-state index contributed by atoms with van der Waals surface area (Å²) in [4.78, 5) is 1.24. The van der Waals surface area contributed by atoms with Crippen molar-refractivity contribution in [1.29, 1.82) is 0 Å². The molecule has 1 aromatic heterocycles. The van der Waals surface area contributed by atoms with Gasteiger partial charge in [-0.1, -0.05) is 61.1 Å². The second-order valence-corrected chi connectivity index (χ2v) is 8.31. The summed E-state index contributed by atoms with van der Waals surface area (Å²) < 4.78 is 1.93. The van der Waals surface area contributed by atoms with Crippen LogP contribution in [0.4, 0.5) is 0 Å². The smallest absolute Gasteiger partial charge is 0.0887 e. The minimum absolute atomic E-state index is 0.0999. The predicted molar refractivity (Wildman–Crippen MR) is 87.0 cm³/mol. The Labute approximate surface area is 139 Å². The molecule has 1 heterocycles. The molecule has 17 heavy (non-hydrogen) atoms. The summed E-state index contributed by atoms with van der Waals surface area (Å²) in [5, 5.41) is 1.45. The van der Waals surface area contributed by atoms with Crippen LogP contribution in [0.5, 0.6) is 0 Å². The molecule has 0 saturated carbocycles. The SMILES string of the molecule is Clc1ccc(C(Br)c2cc(Cl)c(Br)s2)c(Br)c1. The number of hydrogen-bond acceptors (Lipinski definition) is 1. The number of alkyl halides is 1. The van der Waals surface area contributed by atoms with Gasteiger partial charge < -0.3 is 0 Å². The van der Waals surface area contributed by atoms with E-state index in [9.17, 15) is 0 Å². The number of halogens is 5. The van der Waals surface area contributed by atoms with Gasteiger partial charge in [-0.25, -0.2) is 0 Å². The van der Waals surface area contributed by atoms with Crippen molar-refractivity contribution in [2.24, 2.45) is 0 Å². The Morgan fingerprint density at radius 1 is 1.12 bits per heavy atom. The number of rotatable bonds is 2. The molecular formula is C11H5Br3Cl2S. The fourth-order valence-electron chi connectivity index (χ4n) is 1.35. The molecule has 90 valence electrons. The third-order valence-electron chi connectivity index (χ3n) is 2.15. The Hall–Kier alpha value is 0.940. The van der Waals surface area contributed by atoms with Gasteiger partial charge in [-0.05, 0) is 39.7 Å². The van der Waals surface area contributed by atoms with Crippen LogP contribution in [0.3, 0.4) is 0 Å². The van der Waals surface area contributed by atoms with E-state index in [0.717, 1.165) is 23.7 Å². The van der Waals surface area contributed by atoms with Crippen molar-refractivity contribution in [1.82, 2.24) is 0 Å². The highest BCUT2D eigenvalue weighted by Gasteiger charge is 2.17. The van der Waals surface area contributed by atoms with Gasteiger partial charge in [0.25, 0.3) is 0 Å².